The number of ether oxygens (including phenoxy) is 1. The van der Waals surface area contributed by atoms with Crippen molar-refractivity contribution in [3.8, 4) is 17.3 Å². The van der Waals surface area contributed by atoms with Crippen LogP contribution in [0.25, 0.3) is 27.6 Å². The third kappa shape index (κ3) is 7.90. The molecule has 8 aromatic rings. The number of fused-ring (bicyclic) bond motifs is 3. The van der Waals surface area contributed by atoms with Crippen molar-refractivity contribution in [3.05, 3.63) is 204 Å². The maximum absolute atomic E-state index is 6.78. The van der Waals surface area contributed by atoms with E-state index in [0.29, 0.717) is 6.67 Å². The second kappa shape index (κ2) is 15.6. The summed E-state index contributed by atoms with van der Waals surface area (Å²) in [6.45, 7) is 23.7. The lowest BCUT2D eigenvalue weighted by molar-refractivity contribution is 0.481. The molecule has 6 aromatic carbocycles. The van der Waals surface area contributed by atoms with Gasteiger partial charge in [0.05, 0.1) is 17.7 Å². The summed E-state index contributed by atoms with van der Waals surface area (Å²) in [5.41, 5.74) is 11.5. The Morgan fingerprint density at radius 3 is 1.70 bits per heavy atom. The van der Waals surface area contributed by atoms with Gasteiger partial charge in [0, 0.05) is 68.6 Å². The van der Waals surface area contributed by atoms with E-state index in [1.165, 1.54) is 50.0 Å². The van der Waals surface area contributed by atoms with E-state index in [-0.39, 0.29) is 21.7 Å². The predicted octanol–water partition coefficient (Wildman–Crippen LogP) is 15.1. The minimum Gasteiger partial charge on any atom is -0.457 e. The molecule has 0 radical (unpaired) electrons. The SMILES string of the molecule is CC(C)(C)C1=CN(c2cc(C(C)(C)c3ccccc3)cc(C(C)(C)c3ccccc3)c2)CN1c1cccc(Oc2ccc3c4ccccc4n(-c4cc(C(C)(C)C)ccn4)c3c2)c1. The molecule has 2 aromatic heterocycles. The van der Waals surface area contributed by atoms with Crippen molar-refractivity contribution < 1.29 is 4.74 Å². The summed E-state index contributed by atoms with van der Waals surface area (Å²) in [5, 5.41) is 2.35. The molecular formula is C58H60N4O. The van der Waals surface area contributed by atoms with E-state index in [0.717, 1.165) is 34.0 Å². The molecule has 0 unspecified atom stereocenters. The molecule has 1 aliphatic rings. The van der Waals surface area contributed by atoms with E-state index in [2.05, 4.69) is 248 Å². The van der Waals surface area contributed by atoms with Crippen LogP contribution < -0.4 is 14.5 Å². The zero-order chi connectivity index (χ0) is 44.3. The van der Waals surface area contributed by atoms with E-state index < -0.39 is 0 Å². The largest absolute Gasteiger partial charge is 0.457 e. The molecule has 0 saturated heterocycles. The van der Waals surface area contributed by atoms with Crippen LogP contribution in [0, 0.1) is 5.41 Å². The van der Waals surface area contributed by atoms with Crippen LogP contribution in [-0.4, -0.2) is 16.2 Å². The van der Waals surface area contributed by atoms with Gasteiger partial charge in [0.25, 0.3) is 0 Å². The van der Waals surface area contributed by atoms with Crippen LogP contribution in [0.15, 0.2) is 176 Å². The van der Waals surface area contributed by atoms with Gasteiger partial charge in [0.2, 0.25) is 0 Å². The van der Waals surface area contributed by atoms with Crippen LogP contribution in [0.4, 0.5) is 11.4 Å². The zero-order valence-electron chi connectivity index (χ0n) is 38.6. The number of nitrogens with zero attached hydrogens (tertiary/aromatic N) is 4. The zero-order valence-corrected chi connectivity index (χ0v) is 38.6. The van der Waals surface area contributed by atoms with Gasteiger partial charge >= 0.3 is 0 Å². The highest BCUT2D eigenvalue weighted by Gasteiger charge is 2.34. The lowest BCUT2D eigenvalue weighted by Gasteiger charge is -2.33. The molecule has 9 rings (SSSR count). The van der Waals surface area contributed by atoms with Gasteiger partial charge < -0.3 is 14.5 Å². The van der Waals surface area contributed by atoms with Gasteiger partial charge in [-0.2, -0.15) is 0 Å². The van der Waals surface area contributed by atoms with E-state index in [4.69, 9.17) is 9.72 Å². The predicted molar refractivity (Wildman–Crippen MR) is 265 cm³/mol. The average Bonchev–Trinajstić information content (AvgIpc) is 3.88. The normalized spacial score (nSPS) is 13.8. The van der Waals surface area contributed by atoms with E-state index in [1.54, 1.807) is 0 Å². The van der Waals surface area contributed by atoms with E-state index >= 15 is 0 Å². The number of benzene rings is 6. The van der Waals surface area contributed by atoms with Crippen LogP contribution in [0.2, 0.25) is 0 Å². The highest BCUT2D eigenvalue weighted by Crippen LogP contribution is 2.44. The number of hydrogen-bond acceptors (Lipinski definition) is 4. The number of para-hydroxylation sites is 1. The minimum absolute atomic E-state index is 0.00427. The van der Waals surface area contributed by atoms with Crippen LogP contribution in [0.1, 0.15) is 97.1 Å². The van der Waals surface area contributed by atoms with E-state index in [9.17, 15) is 0 Å². The van der Waals surface area contributed by atoms with Crippen LogP contribution in [-0.2, 0) is 16.2 Å². The first-order valence-corrected chi connectivity index (χ1v) is 22.3. The maximum atomic E-state index is 6.78. The van der Waals surface area contributed by atoms with Crippen LogP contribution in [0.5, 0.6) is 11.5 Å². The number of allylic oxidation sites excluding steroid dienone is 1. The molecule has 0 fully saturated rings. The number of anilines is 2. The van der Waals surface area contributed by atoms with E-state index in [1.807, 2.05) is 6.20 Å². The molecule has 63 heavy (non-hydrogen) atoms. The summed E-state index contributed by atoms with van der Waals surface area (Å²) in [6, 6.07) is 56.9. The Morgan fingerprint density at radius 2 is 1.06 bits per heavy atom. The summed E-state index contributed by atoms with van der Waals surface area (Å²) in [4.78, 5) is 9.76. The molecular weight excluding hydrogens is 769 g/mol. The Balaban J connectivity index is 1.08. The Hall–Kier alpha value is -6.59. The number of pyridine rings is 1. The van der Waals surface area contributed by atoms with Gasteiger partial charge in [-0.05, 0) is 87.8 Å². The fourth-order valence-electron chi connectivity index (χ4n) is 9.12. The van der Waals surface area contributed by atoms with Crippen molar-refractivity contribution >= 4 is 33.2 Å². The first-order chi connectivity index (χ1) is 30.0. The third-order valence-electron chi connectivity index (χ3n) is 13.2. The molecule has 318 valence electrons. The molecule has 5 nitrogen and oxygen atoms in total. The summed E-state index contributed by atoms with van der Waals surface area (Å²) in [5.74, 6) is 2.46. The van der Waals surface area contributed by atoms with Crippen molar-refractivity contribution in [2.45, 2.75) is 85.5 Å². The van der Waals surface area contributed by atoms with Gasteiger partial charge in [-0.1, -0.05) is 160 Å². The third-order valence-corrected chi connectivity index (χ3v) is 13.2. The van der Waals surface area contributed by atoms with Crippen molar-refractivity contribution in [3.63, 3.8) is 0 Å². The Morgan fingerprint density at radius 1 is 0.460 bits per heavy atom. The first kappa shape index (κ1) is 41.7. The standard InChI is InChI=1S/C58H60N4O/c1-55(2,3)42-30-31-59-54(35-42)62-51-27-18-17-26-49(51)50-29-28-48(37-52(50)62)63-47-25-19-24-45(36-47)61-39-60(38-53(61)56(4,5)6)46-33-43(57(7,8)40-20-13-11-14-21-40)32-44(34-46)58(9,10)41-22-15-12-16-23-41/h11-38H,39H2,1-10H3. The van der Waals surface area contributed by atoms with Crippen molar-refractivity contribution in [2.75, 3.05) is 16.5 Å². The van der Waals surface area contributed by atoms with Gasteiger partial charge in [-0.15, -0.1) is 0 Å². The highest BCUT2D eigenvalue weighted by molar-refractivity contribution is 6.09. The quantitative estimate of drug-likeness (QED) is 0.145. The van der Waals surface area contributed by atoms with Gasteiger partial charge in [0.1, 0.15) is 17.3 Å². The summed E-state index contributed by atoms with van der Waals surface area (Å²) < 4.78 is 9.05. The van der Waals surface area contributed by atoms with Gasteiger partial charge in [-0.25, -0.2) is 4.98 Å². The maximum Gasteiger partial charge on any atom is 0.137 e. The number of rotatable bonds is 9. The Bertz CT molecular complexity index is 2910. The van der Waals surface area contributed by atoms with Crippen LogP contribution in [0.3, 0.4) is 0 Å². The number of hydrogen-bond donors (Lipinski definition) is 0. The highest BCUT2D eigenvalue weighted by atomic mass is 16.5. The molecule has 5 heteroatoms. The summed E-state index contributed by atoms with van der Waals surface area (Å²) in [7, 11) is 0. The number of aromatic nitrogens is 2. The molecule has 0 saturated carbocycles. The molecule has 1 aliphatic heterocycles. The smallest absolute Gasteiger partial charge is 0.137 e. The van der Waals surface area contributed by atoms with Crippen molar-refractivity contribution in [1.29, 1.82) is 0 Å². The van der Waals surface area contributed by atoms with Gasteiger partial charge in [0.15, 0.2) is 0 Å². The molecule has 0 amide bonds. The molecule has 0 spiro atoms. The molecule has 0 atom stereocenters. The topological polar surface area (TPSA) is 33.5 Å². The minimum atomic E-state index is -0.217. The van der Waals surface area contributed by atoms with Crippen molar-refractivity contribution in [2.24, 2.45) is 5.41 Å². The summed E-state index contributed by atoms with van der Waals surface area (Å²) >= 11 is 0. The molecule has 3 heterocycles. The van der Waals surface area contributed by atoms with Crippen molar-refractivity contribution in [1.82, 2.24) is 9.55 Å². The fraction of sp³-hybridized carbons (Fsp3) is 0.259. The fourth-order valence-corrected chi connectivity index (χ4v) is 9.12. The molecule has 0 N–H and O–H groups in total. The molecule has 0 bridgehead atoms. The monoisotopic (exact) mass is 828 g/mol. The van der Waals surface area contributed by atoms with Crippen LogP contribution >= 0.6 is 0 Å². The molecule has 0 aliphatic carbocycles. The Labute approximate surface area is 374 Å². The lowest BCUT2D eigenvalue weighted by atomic mass is 9.73. The second-order valence-corrected chi connectivity index (χ2v) is 20.3. The Kier molecular flexibility index (Phi) is 10.4. The van der Waals surface area contributed by atoms with Gasteiger partial charge in [-0.3, -0.25) is 4.57 Å². The summed E-state index contributed by atoms with van der Waals surface area (Å²) in [6.07, 6.45) is 4.28. The lowest BCUT2D eigenvalue weighted by Crippen LogP contribution is -2.31. The first-order valence-electron chi connectivity index (χ1n) is 22.3. The second-order valence-electron chi connectivity index (χ2n) is 20.3. The average molecular weight is 829 g/mol.